The van der Waals surface area contributed by atoms with Gasteiger partial charge in [-0.25, -0.2) is 0 Å². The second-order valence-corrected chi connectivity index (χ2v) is 6.88. The molecule has 0 spiro atoms. The van der Waals surface area contributed by atoms with Crippen molar-refractivity contribution in [1.29, 1.82) is 0 Å². The molecule has 23 heavy (non-hydrogen) atoms. The standard InChI is InChI=1S/C17H22ClN3O2/c1-11-17(23)21-9-14(19-12(2)22)7-15(21)10-20(11)8-13-5-3-4-6-16(13)18/h3-6,11,14-15H,7-10H2,1-2H3,(H,19,22)/t11-,14-,15-/m0/s1. The first-order valence-electron chi connectivity index (χ1n) is 8.00. The predicted octanol–water partition coefficient (Wildman–Crippen LogP) is 1.65. The average Bonchev–Trinajstić information content (AvgIpc) is 2.88. The number of benzene rings is 1. The Morgan fingerprint density at radius 2 is 2.09 bits per heavy atom. The fourth-order valence-electron chi connectivity index (χ4n) is 3.62. The van der Waals surface area contributed by atoms with Crippen molar-refractivity contribution in [2.24, 2.45) is 0 Å². The molecule has 1 aromatic carbocycles. The van der Waals surface area contributed by atoms with Crippen LogP contribution in [0.15, 0.2) is 24.3 Å². The number of nitrogens with one attached hydrogen (secondary N) is 1. The van der Waals surface area contributed by atoms with Gasteiger partial charge in [0, 0.05) is 43.7 Å². The van der Waals surface area contributed by atoms with Gasteiger partial charge in [0.1, 0.15) is 0 Å². The first-order chi connectivity index (χ1) is 11.0. The minimum atomic E-state index is -0.168. The van der Waals surface area contributed by atoms with Crippen molar-refractivity contribution in [3.05, 3.63) is 34.9 Å². The predicted molar refractivity (Wildman–Crippen MR) is 89.0 cm³/mol. The largest absolute Gasteiger partial charge is 0.352 e. The number of hydrogen-bond donors (Lipinski definition) is 1. The summed E-state index contributed by atoms with van der Waals surface area (Å²) >= 11 is 6.25. The molecule has 2 saturated heterocycles. The Morgan fingerprint density at radius 3 is 2.78 bits per heavy atom. The van der Waals surface area contributed by atoms with Crippen molar-refractivity contribution in [3.63, 3.8) is 0 Å². The van der Waals surface area contributed by atoms with Crippen LogP contribution in [0.5, 0.6) is 0 Å². The van der Waals surface area contributed by atoms with Gasteiger partial charge in [-0.1, -0.05) is 29.8 Å². The zero-order chi connectivity index (χ0) is 16.6. The van der Waals surface area contributed by atoms with Gasteiger partial charge in [0.25, 0.3) is 0 Å². The summed E-state index contributed by atoms with van der Waals surface area (Å²) in [5.41, 5.74) is 1.04. The molecule has 5 nitrogen and oxygen atoms in total. The maximum atomic E-state index is 12.7. The molecule has 2 heterocycles. The third kappa shape index (κ3) is 3.35. The monoisotopic (exact) mass is 335 g/mol. The van der Waals surface area contributed by atoms with Crippen molar-refractivity contribution in [3.8, 4) is 0 Å². The van der Waals surface area contributed by atoms with Crippen LogP contribution in [0.1, 0.15) is 25.8 Å². The number of fused-ring (bicyclic) bond motifs is 1. The summed E-state index contributed by atoms with van der Waals surface area (Å²) in [6.45, 7) is 5.57. The molecule has 0 radical (unpaired) electrons. The van der Waals surface area contributed by atoms with Gasteiger partial charge in [-0.2, -0.15) is 0 Å². The second-order valence-electron chi connectivity index (χ2n) is 6.47. The summed E-state index contributed by atoms with van der Waals surface area (Å²) in [7, 11) is 0. The van der Waals surface area contributed by atoms with Gasteiger partial charge in [0.15, 0.2) is 0 Å². The van der Waals surface area contributed by atoms with E-state index in [-0.39, 0.29) is 29.9 Å². The van der Waals surface area contributed by atoms with Gasteiger partial charge in [-0.05, 0) is 25.0 Å². The van der Waals surface area contributed by atoms with Gasteiger partial charge in [0.05, 0.1) is 6.04 Å². The normalized spacial score (nSPS) is 27.9. The molecule has 1 aromatic rings. The summed E-state index contributed by atoms with van der Waals surface area (Å²) in [5.74, 6) is 0.101. The Bertz CT molecular complexity index is 622. The summed E-state index contributed by atoms with van der Waals surface area (Å²) in [4.78, 5) is 28.0. The van der Waals surface area contributed by atoms with Crippen LogP contribution in [0.2, 0.25) is 5.02 Å². The Hall–Kier alpha value is -1.59. The molecule has 2 aliphatic heterocycles. The number of carbonyl (C=O) groups excluding carboxylic acids is 2. The lowest BCUT2D eigenvalue weighted by Gasteiger charge is -2.41. The average molecular weight is 336 g/mol. The van der Waals surface area contributed by atoms with E-state index in [2.05, 4.69) is 10.2 Å². The van der Waals surface area contributed by atoms with E-state index in [0.29, 0.717) is 13.1 Å². The lowest BCUT2D eigenvalue weighted by molar-refractivity contribution is -0.143. The Morgan fingerprint density at radius 1 is 1.35 bits per heavy atom. The smallest absolute Gasteiger partial charge is 0.240 e. The van der Waals surface area contributed by atoms with Gasteiger partial charge >= 0.3 is 0 Å². The number of hydrogen-bond acceptors (Lipinski definition) is 3. The van der Waals surface area contributed by atoms with Crippen molar-refractivity contribution < 1.29 is 9.59 Å². The van der Waals surface area contributed by atoms with E-state index in [1.165, 1.54) is 6.92 Å². The van der Waals surface area contributed by atoms with Gasteiger partial charge in [0.2, 0.25) is 11.8 Å². The fourth-order valence-corrected chi connectivity index (χ4v) is 3.82. The van der Waals surface area contributed by atoms with Gasteiger partial charge < -0.3 is 10.2 Å². The van der Waals surface area contributed by atoms with E-state index in [4.69, 9.17) is 11.6 Å². The van der Waals surface area contributed by atoms with E-state index in [1.54, 1.807) is 0 Å². The first kappa shape index (κ1) is 16.3. The van der Waals surface area contributed by atoms with Crippen molar-refractivity contribution in [1.82, 2.24) is 15.1 Å². The van der Waals surface area contributed by atoms with Gasteiger partial charge in [-0.15, -0.1) is 0 Å². The van der Waals surface area contributed by atoms with E-state index in [1.807, 2.05) is 36.1 Å². The minimum absolute atomic E-state index is 0.0386. The summed E-state index contributed by atoms with van der Waals surface area (Å²) < 4.78 is 0. The van der Waals surface area contributed by atoms with E-state index < -0.39 is 0 Å². The Labute approximate surface area is 141 Å². The highest BCUT2D eigenvalue weighted by molar-refractivity contribution is 6.31. The quantitative estimate of drug-likeness (QED) is 0.914. The molecule has 2 fully saturated rings. The molecule has 1 N–H and O–H groups in total. The van der Waals surface area contributed by atoms with Crippen molar-refractivity contribution >= 4 is 23.4 Å². The molecule has 0 aliphatic carbocycles. The zero-order valence-electron chi connectivity index (χ0n) is 13.5. The molecule has 6 heteroatoms. The van der Waals surface area contributed by atoms with E-state index in [0.717, 1.165) is 23.6 Å². The fraction of sp³-hybridized carbons (Fsp3) is 0.529. The molecule has 3 atom stereocenters. The van der Waals surface area contributed by atoms with Crippen molar-refractivity contribution in [2.45, 2.75) is 44.9 Å². The van der Waals surface area contributed by atoms with Crippen LogP contribution in [0.25, 0.3) is 0 Å². The lowest BCUT2D eigenvalue weighted by Crippen LogP contribution is -2.58. The third-order valence-electron chi connectivity index (χ3n) is 4.79. The molecule has 0 unspecified atom stereocenters. The van der Waals surface area contributed by atoms with Crippen molar-refractivity contribution in [2.75, 3.05) is 13.1 Å². The number of rotatable bonds is 3. The molecular formula is C17H22ClN3O2. The summed E-state index contributed by atoms with van der Waals surface area (Å²) in [6, 6.07) is 7.81. The van der Waals surface area contributed by atoms with Crippen LogP contribution in [0.4, 0.5) is 0 Å². The highest BCUT2D eigenvalue weighted by atomic mass is 35.5. The lowest BCUT2D eigenvalue weighted by atomic mass is 10.1. The Kier molecular flexibility index (Phi) is 4.60. The van der Waals surface area contributed by atoms with Crippen LogP contribution in [-0.4, -0.2) is 52.8 Å². The Balaban J connectivity index is 1.72. The molecule has 3 rings (SSSR count). The minimum Gasteiger partial charge on any atom is -0.352 e. The molecule has 0 aromatic heterocycles. The number of carbonyl (C=O) groups is 2. The van der Waals surface area contributed by atoms with E-state index >= 15 is 0 Å². The highest BCUT2D eigenvalue weighted by Gasteiger charge is 2.43. The summed E-state index contributed by atoms with van der Waals surface area (Å²) in [5, 5.41) is 3.67. The van der Waals surface area contributed by atoms with Crippen LogP contribution in [0.3, 0.4) is 0 Å². The van der Waals surface area contributed by atoms with Crippen LogP contribution in [0, 0.1) is 0 Å². The molecule has 0 bridgehead atoms. The SMILES string of the molecule is CC(=O)N[C@H]1C[C@H]2CN(Cc3ccccc3Cl)[C@@H](C)C(=O)N2C1. The van der Waals surface area contributed by atoms with Crippen LogP contribution < -0.4 is 5.32 Å². The topological polar surface area (TPSA) is 52.7 Å². The molecule has 0 saturated carbocycles. The zero-order valence-corrected chi connectivity index (χ0v) is 14.2. The molecule has 2 aliphatic rings. The maximum Gasteiger partial charge on any atom is 0.240 e. The van der Waals surface area contributed by atoms with Crippen LogP contribution >= 0.6 is 11.6 Å². The molecule has 124 valence electrons. The summed E-state index contributed by atoms with van der Waals surface area (Å²) in [6.07, 6.45) is 0.817. The molecule has 2 amide bonds. The number of halogens is 1. The first-order valence-corrected chi connectivity index (χ1v) is 8.38. The van der Waals surface area contributed by atoms with E-state index in [9.17, 15) is 9.59 Å². The number of amides is 2. The highest BCUT2D eigenvalue weighted by Crippen LogP contribution is 2.28. The second kappa shape index (κ2) is 6.49. The number of nitrogens with zero attached hydrogens (tertiary/aromatic N) is 2. The maximum absolute atomic E-state index is 12.7. The third-order valence-corrected chi connectivity index (χ3v) is 5.16. The van der Waals surface area contributed by atoms with Gasteiger partial charge in [-0.3, -0.25) is 14.5 Å². The van der Waals surface area contributed by atoms with Crippen LogP contribution in [-0.2, 0) is 16.1 Å². The number of piperazine rings is 1. The molecular weight excluding hydrogens is 314 g/mol.